The van der Waals surface area contributed by atoms with Gasteiger partial charge in [0.25, 0.3) is 0 Å². The van der Waals surface area contributed by atoms with Gasteiger partial charge in [-0.1, -0.05) is 26.0 Å². The van der Waals surface area contributed by atoms with E-state index in [9.17, 15) is 4.79 Å². The van der Waals surface area contributed by atoms with Crippen LogP contribution < -0.4 is 11.1 Å². The smallest absolute Gasteiger partial charge is 0.224 e. The second kappa shape index (κ2) is 6.28. The van der Waals surface area contributed by atoms with E-state index < -0.39 is 0 Å². The van der Waals surface area contributed by atoms with Crippen molar-refractivity contribution in [2.24, 2.45) is 5.73 Å². The highest BCUT2D eigenvalue weighted by Crippen LogP contribution is 2.18. The fraction of sp³-hybridized carbons (Fsp3) is 0.462. The highest BCUT2D eigenvalue weighted by molar-refractivity contribution is 5.90. The number of carbonyl (C=O) groups excluding carboxylic acids is 1. The number of nitrogens with one attached hydrogen (secondary N) is 1. The van der Waals surface area contributed by atoms with Crippen molar-refractivity contribution in [3.63, 3.8) is 0 Å². The molecule has 0 bridgehead atoms. The summed E-state index contributed by atoms with van der Waals surface area (Å²) >= 11 is 0. The van der Waals surface area contributed by atoms with E-state index in [-0.39, 0.29) is 5.91 Å². The number of anilines is 1. The average molecular weight is 220 g/mol. The second-order valence-electron chi connectivity index (χ2n) is 4.22. The highest BCUT2D eigenvalue weighted by atomic mass is 16.1. The molecule has 0 unspecified atom stereocenters. The average Bonchev–Trinajstić information content (AvgIpc) is 2.26. The normalized spacial score (nSPS) is 10.5. The molecule has 0 aliphatic carbocycles. The van der Waals surface area contributed by atoms with Gasteiger partial charge >= 0.3 is 0 Å². The number of rotatable bonds is 5. The Morgan fingerprint density at radius 1 is 1.44 bits per heavy atom. The molecule has 0 saturated carbocycles. The molecule has 0 aliphatic rings. The van der Waals surface area contributed by atoms with Gasteiger partial charge in [0.15, 0.2) is 0 Å². The van der Waals surface area contributed by atoms with Crippen molar-refractivity contribution in [3.8, 4) is 0 Å². The van der Waals surface area contributed by atoms with Gasteiger partial charge in [-0.05, 0) is 36.6 Å². The lowest BCUT2D eigenvalue weighted by Gasteiger charge is -2.09. The van der Waals surface area contributed by atoms with Gasteiger partial charge in [0.05, 0.1) is 0 Å². The lowest BCUT2D eigenvalue weighted by atomic mass is 10.0. The molecule has 0 aromatic heterocycles. The SMILES string of the molecule is CC(C)c1cccc(NC(=O)CCCN)c1. The Morgan fingerprint density at radius 2 is 2.19 bits per heavy atom. The van der Waals surface area contributed by atoms with E-state index in [1.807, 2.05) is 18.2 Å². The van der Waals surface area contributed by atoms with Crippen LogP contribution in [0.2, 0.25) is 0 Å². The maximum Gasteiger partial charge on any atom is 0.224 e. The fourth-order valence-electron chi connectivity index (χ4n) is 1.46. The van der Waals surface area contributed by atoms with Gasteiger partial charge in [0, 0.05) is 12.1 Å². The third kappa shape index (κ3) is 4.03. The highest BCUT2D eigenvalue weighted by Gasteiger charge is 2.03. The van der Waals surface area contributed by atoms with Crippen LogP contribution in [0.1, 0.15) is 38.2 Å². The molecule has 3 N–H and O–H groups in total. The van der Waals surface area contributed by atoms with Gasteiger partial charge in [-0.3, -0.25) is 4.79 Å². The Labute approximate surface area is 97.0 Å². The van der Waals surface area contributed by atoms with E-state index in [0.717, 1.165) is 12.1 Å². The van der Waals surface area contributed by atoms with Gasteiger partial charge in [-0.15, -0.1) is 0 Å². The first kappa shape index (κ1) is 12.7. The summed E-state index contributed by atoms with van der Waals surface area (Å²) in [7, 11) is 0. The fourth-order valence-corrected chi connectivity index (χ4v) is 1.46. The molecule has 0 atom stereocenters. The minimum Gasteiger partial charge on any atom is -0.330 e. The monoisotopic (exact) mass is 220 g/mol. The van der Waals surface area contributed by atoms with Crippen LogP contribution in [0.15, 0.2) is 24.3 Å². The van der Waals surface area contributed by atoms with E-state index in [0.29, 0.717) is 18.9 Å². The van der Waals surface area contributed by atoms with Crippen molar-refractivity contribution >= 4 is 11.6 Å². The van der Waals surface area contributed by atoms with Crippen molar-refractivity contribution < 1.29 is 4.79 Å². The number of hydrogen-bond acceptors (Lipinski definition) is 2. The summed E-state index contributed by atoms with van der Waals surface area (Å²) in [4.78, 5) is 11.5. The summed E-state index contributed by atoms with van der Waals surface area (Å²) < 4.78 is 0. The molecule has 3 nitrogen and oxygen atoms in total. The van der Waals surface area contributed by atoms with Crippen LogP contribution in [0, 0.1) is 0 Å². The minimum absolute atomic E-state index is 0.0337. The van der Waals surface area contributed by atoms with Crippen LogP contribution in [-0.4, -0.2) is 12.5 Å². The molecular formula is C13H20N2O. The third-order valence-electron chi connectivity index (χ3n) is 2.45. The quantitative estimate of drug-likeness (QED) is 0.801. The van der Waals surface area contributed by atoms with E-state index in [2.05, 4.69) is 25.2 Å². The first-order chi connectivity index (χ1) is 7.63. The van der Waals surface area contributed by atoms with E-state index in [1.54, 1.807) is 0 Å². The van der Waals surface area contributed by atoms with Crippen molar-refractivity contribution in [1.82, 2.24) is 0 Å². The van der Waals surface area contributed by atoms with E-state index in [4.69, 9.17) is 5.73 Å². The molecule has 0 spiro atoms. The van der Waals surface area contributed by atoms with Crippen LogP contribution in [-0.2, 0) is 4.79 Å². The number of amides is 1. The lowest BCUT2D eigenvalue weighted by Crippen LogP contribution is -2.13. The van der Waals surface area contributed by atoms with Crippen LogP contribution in [0.4, 0.5) is 5.69 Å². The van der Waals surface area contributed by atoms with Crippen molar-refractivity contribution in [2.75, 3.05) is 11.9 Å². The summed E-state index contributed by atoms with van der Waals surface area (Å²) in [6.07, 6.45) is 1.22. The van der Waals surface area contributed by atoms with Gasteiger partial charge < -0.3 is 11.1 Å². The molecule has 0 saturated heterocycles. The Hall–Kier alpha value is -1.35. The lowest BCUT2D eigenvalue weighted by molar-refractivity contribution is -0.116. The van der Waals surface area contributed by atoms with Crippen LogP contribution in [0.3, 0.4) is 0 Å². The van der Waals surface area contributed by atoms with E-state index >= 15 is 0 Å². The van der Waals surface area contributed by atoms with Gasteiger partial charge in [-0.25, -0.2) is 0 Å². The number of carbonyl (C=O) groups is 1. The maximum absolute atomic E-state index is 11.5. The molecule has 0 fully saturated rings. The molecule has 0 aliphatic heterocycles. The predicted molar refractivity (Wildman–Crippen MR) is 67.4 cm³/mol. The Balaban J connectivity index is 2.59. The van der Waals surface area contributed by atoms with Gasteiger partial charge in [-0.2, -0.15) is 0 Å². The van der Waals surface area contributed by atoms with Crippen LogP contribution in [0.5, 0.6) is 0 Å². The van der Waals surface area contributed by atoms with Gasteiger partial charge in [0.1, 0.15) is 0 Å². The standard InChI is InChI=1S/C13H20N2O/c1-10(2)11-5-3-6-12(9-11)15-13(16)7-4-8-14/h3,5-6,9-10H,4,7-8,14H2,1-2H3,(H,15,16). The van der Waals surface area contributed by atoms with Crippen LogP contribution >= 0.6 is 0 Å². The molecule has 88 valence electrons. The molecule has 1 rings (SSSR count). The van der Waals surface area contributed by atoms with E-state index in [1.165, 1.54) is 5.56 Å². The zero-order chi connectivity index (χ0) is 12.0. The molecular weight excluding hydrogens is 200 g/mol. The number of benzene rings is 1. The summed E-state index contributed by atoms with van der Waals surface area (Å²) in [5.41, 5.74) is 7.46. The zero-order valence-corrected chi connectivity index (χ0v) is 9.99. The first-order valence-electron chi connectivity index (χ1n) is 5.73. The zero-order valence-electron chi connectivity index (χ0n) is 9.99. The second-order valence-corrected chi connectivity index (χ2v) is 4.22. The maximum atomic E-state index is 11.5. The van der Waals surface area contributed by atoms with Gasteiger partial charge in [0.2, 0.25) is 5.91 Å². The molecule has 1 aromatic rings. The third-order valence-corrected chi connectivity index (χ3v) is 2.45. The molecule has 3 heteroatoms. The first-order valence-corrected chi connectivity index (χ1v) is 5.73. The summed E-state index contributed by atoms with van der Waals surface area (Å²) in [6, 6.07) is 7.96. The Kier molecular flexibility index (Phi) is 4.99. The molecule has 1 aromatic carbocycles. The Morgan fingerprint density at radius 3 is 2.81 bits per heavy atom. The minimum atomic E-state index is 0.0337. The molecule has 0 radical (unpaired) electrons. The molecule has 0 heterocycles. The van der Waals surface area contributed by atoms with Crippen molar-refractivity contribution in [3.05, 3.63) is 29.8 Å². The van der Waals surface area contributed by atoms with Crippen molar-refractivity contribution in [1.29, 1.82) is 0 Å². The predicted octanol–water partition coefficient (Wildman–Crippen LogP) is 2.49. The Bertz CT molecular complexity index is 348. The summed E-state index contributed by atoms with van der Waals surface area (Å²) in [5, 5.41) is 2.88. The molecule has 16 heavy (non-hydrogen) atoms. The summed E-state index contributed by atoms with van der Waals surface area (Å²) in [6.45, 7) is 4.82. The topological polar surface area (TPSA) is 55.1 Å². The summed E-state index contributed by atoms with van der Waals surface area (Å²) in [5.74, 6) is 0.507. The number of hydrogen-bond donors (Lipinski definition) is 2. The molecule has 1 amide bonds. The van der Waals surface area contributed by atoms with Crippen LogP contribution in [0.25, 0.3) is 0 Å². The largest absolute Gasteiger partial charge is 0.330 e. The number of nitrogens with two attached hydrogens (primary N) is 1. The van der Waals surface area contributed by atoms with Crippen molar-refractivity contribution in [2.45, 2.75) is 32.6 Å².